The largest absolute Gasteiger partial charge is 0.379 e. The molecule has 7 N–H and O–H groups in total. The van der Waals surface area contributed by atoms with Gasteiger partial charge in [-0.2, -0.15) is 0 Å². The van der Waals surface area contributed by atoms with Crippen LogP contribution in [0.2, 0.25) is 0 Å². The Morgan fingerprint density at radius 1 is 0.836 bits per heavy atom. The van der Waals surface area contributed by atoms with Gasteiger partial charge in [-0.3, -0.25) is 19.2 Å². The lowest BCUT2D eigenvalue weighted by Crippen LogP contribution is -2.52. The van der Waals surface area contributed by atoms with E-state index < -0.39 is 18.0 Å². The standard InChI is InChI=1S/C47H77N7O7/c1-10-33(4)42(41(60-9)21-15-14-19-39(52-31-55)29-34(5)44(56)50-28-26-36-17-12-11-13-18-36)54(8)46(58)35(6)43(32(2)3)61-30-37-22-24-38(25-23-37)53-45(57)40(49-7)20-16-27-51-47(48)59/h11-13,17-18,22-25,31-35,39-43,49H,10,14-16,19-21,26-30H2,1-9H3,(H,50,56)(H,52,55)(H,53,57)(H3,48,51,59)/t33?,34?,35-,39+,40?,41?,42?,43?/m1/s1. The van der Waals surface area contributed by atoms with Crippen molar-refractivity contribution in [2.75, 3.05) is 39.6 Å². The fourth-order valence-corrected chi connectivity index (χ4v) is 8.00. The summed E-state index contributed by atoms with van der Waals surface area (Å²) in [6, 6.07) is 16.2. The Balaban J connectivity index is 1.96. The van der Waals surface area contributed by atoms with Crippen molar-refractivity contribution in [1.82, 2.24) is 26.2 Å². The van der Waals surface area contributed by atoms with Crippen molar-refractivity contribution in [2.24, 2.45) is 29.4 Å². The molecular weight excluding hydrogens is 775 g/mol. The zero-order valence-electron chi connectivity index (χ0n) is 38.3. The second-order valence-corrected chi connectivity index (χ2v) is 16.8. The minimum absolute atomic E-state index is 0.000106. The first kappa shape index (κ1) is 52.6. The van der Waals surface area contributed by atoms with Crippen LogP contribution in [0.25, 0.3) is 0 Å². The summed E-state index contributed by atoms with van der Waals surface area (Å²) >= 11 is 0. The summed E-state index contributed by atoms with van der Waals surface area (Å²) in [5.74, 6) is -0.611. The number of ether oxygens (including phenoxy) is 2. The van der Waals surface area contributed by atoms with E-state index in [0.29, 0.717) is 44.6 Å². The molecule has 0 aliphatic carbocycles. The van der Waals surface area contributed by atoms with Crippen LogP contribution in [0.5, 0.6) is 0 Å². The van der Waals surface area contributed by atoms with Gasteiger partial charge in [0.2, 0.25) is 24.1 Å². The highest BCUT2D eigenvalue weighted by atomic mass is 16.5. The van der Waals surface area contributed by atoms with E-state index in [2.05, 4.69) is 54.3 Å². The van der Waals surface area contributed by atoms with Crippen LogP contribution >= 0.6 is 0 Å². The maximum Gasteiger partial charge on any atom is 0.312 e. The molecule has 0 saturated carbocycles. The lowest BCUT2D eigenvalue weighted by molar-refractivity contribution is -0.148. The zero-order chi connectivity index (χ0) is 45.3. The summed E-state index contributed by atoms with van der Waals surface area (Å²) in [4.78, 5) is 64.2. The monoisotopic (exact) mass is 852 g/mol. The number of urea groups is 1. The first-order valence-electron chi connectivity index (χ1n) is 22.2. The van der Waals surface area contributed by atoms with E-state index >= 15 is 0 Å². The van der Waals surface area contributed by atoms with E-state index in [1.807, 2.05) is 80.4 Å². The highest BCUT2D eigenvalue weighted by Gasteiger charge is 2.37. The summed E-state index contributed by atoms with van der Waals surface area (Å²) in [5, 5.41) is 14.5. The molecule has 2 aromatic rings. The summed E-state index contributed by atoms with van der Waals surface area (Å²) in [7, 11) is 5.30. The summed E-state index contributed by atoms with van der Waals surface area (Å²) in [5.41, 5.74) is 7.86. The molecular formula is C47H77N7O7. The van der Waals surface area contributed by atoms with Gasteiger partial charge < -0.3 is 46.7 Å². The highest BCUT2D eigenvalue weighted by Crippen LogP contribution is 2.28. The molecule has 0 spiro atoms. The fourth-order valence-electron chi connectivity index (χ4n) is 8.00. The molecule has 342 valence electrons. The molecule has 0 bridgehead atoms. The number of hydrogen-bond acceptors (Lipinski definition) is 8. The van der Waals surface area contributed by atoms with Gasteiger partial charge in [-0.05, 0) is 80.7 Å². The first-order chi connectivity index (χ1) is 29.2. The van der Waals surface area contributed by atoms with Crippen LogP contribution in [0.3, 0.4) is 0 Å². The zero-order valence-corrected chi connectivity index (χ0v) is 38.3. The number of amides is 6. The number of hydrogen-bond donors (Lipinski definition) is 6. The number of methoxy groups -OCH3 is 1. The number of nitrogens with zero attached hydrogens (tertiary/aromatic N) is 1. The van der Waals surface area contributed by atoms with Crippen molar-refractivity contribution in [3.63, 3.8) is 0 Å². The smallest absolute Gasteiger partial charge is 0.312 e. The van der Waals surface area contributed by atoms with Crippen LogP contribution < -0.4 is 32.3 Å². The fraction of sp³-hybridized carbons (Fsp3) is 0.638. The molecule has 0 saturated heterocycles. The Morgan fingerprint density at radius 2 is 1.51 bits per heavy atom. The maximum atomic E-state index is 14.3. The van der Waals surface area contributed by atoms with E-state index in [1.54, 1.807) is 14.2 Å². The van der Waals surface area contributed by atoms with Crippen LogP contribution in [-0.2, 0) is 41.7 Å². The first-order valence-corrected chi connectivity index (χ1v) is 22.2. The molecule has 2 rings (SSSR count). The minimum Gasteiger partial charge on any atom is -0.379 e. The van der Waals surface area contributed by atoms with Gasteiger partial charge in [0.1, 0.15) is 0 Å². The van der Waals surface area contributed by atoms with Gasteiger partial charge in [-0.15, -0.1) is 0 Å². The molecule has 6 unspecified atom stereocenters. The molecule has 0 fully saturated rings. The van der Waals surface area contributed by atoms with Crippen LogP contribution in [0.1, 0.15) is 104 Å². The molecule has 0 aliphatic rings. The second-order valence-electron chi connectivity index (χ2n) is 16.8. The molecule has 8 atom stereocenters. The number of anilines is 1. The third kappa shape index (κ3) is 19.0. The van der Waals surface area contributed by atoms with E-state index in [4.69, 9.17) is 15.2 Å². The number of benzene rings is 2. The molecule has 6 amide bonds. The number of nitrogens with one attached hydrogen (secondary N) is 5. The number of rotatable bonds is 31. The molecule has 0 heterocycles. The number of carbonyl (C=O) groups is 5. The van der Waals surface area contributed by atoms with Gasteiger partial charge in [0.05, 0.1) is 36.8 Å². The molecule has 14 heteroatoms. The van der Waals surface area contributed by atoms with Crippen molar-refractivity contribution in [3.8, 4) is 0 Å². The van der Waals surface area contributed by atoms with E-state index in [1.165, 1.54) is 5.56 Å². The summed E-state index contributed by atoms with van der Waals surface area (Å²) in [6.07, 6.45) is 6.64. The second kappa shape index (κ2) is 28.9. The third-order valence-electron chi connectivity index (χ3n) is 11.8. The van der Waals surface area contributed by atoms with Crippen LogP contribution in [0.4, 0.5) is 10.5 Å². The van der Waals surface area contributed by atoms with Crippen molar-refractivity contribution >= 4 is 35.9 Å². The number of likely N-dealkylation sites (N-methyl/N-ethyl adjacent to an activating group) is 2. The van der Waals surface area contributed by atoms with Gasteiger partial charge in [0.25, 0.3) is 0 Å². The molecule has 0 radical (unpaired) electrons. The molecule has 61 heavy (non-hydrogen) atoms. The lowest BCUT2D eigenvalue weighted by atomic mass is 9.87. The lowest BCUT2D eigenvalue weighted by Gasteiger charge is -2.40. The minimum atomic E-state index is -0.588. The SMILES string of the molecule is CCC(C)C(C(CCCC[C@@H](CC(C)C(=O)NCCc1ccccc1)NC=O)OC)N(C)C(=O)[C@H](C)C(OCc1ccc(NC(=O)C(CCCNC(N)=O)NC)cc1)C(C)C. The van der Waals surface area contributed by atoms with E-state index in [9.17, 15) is 24.0 Å². The Kier molecular flexibility index (Phi) is 24.9. The van der Waals surface area contributed by atoms with Crippen molar-refractivity contribution < 1.29 is 33.4 Å². The quantitative estimate of drug-likeness (QED) is 0.0406. The topological polar surface area (TPSA) is 193 Å². The number of primary amides is 1. The molecule has 14 nitrogen and oxygen atoms in total. The predicted octanol–water partition coefficient (Wildman–Crippen LogP) is 5.79. The Labute approximate surface area is 365 Å². The normalized spacial score (nSPS) is 15.3. The average Bonchev–Trinajstić information content (AvgIpc) is 3.24. The van der Waals surface area contributed by atoms with Crippen molar-refractivity contribution in [2.45, 2.75) is 136 Å². The third-order valence-corrected chi connectivity index (χ3v) is 11.8. The van der Waals surface area contributed by atoms with Crippen LogP contribution in [-0.4, -0.2) is 99.7 Å². The van der Waals surface area contributed by atoms with Gasteiger partial charge in [0.15, 0.2) is 0 Å². The Bertz CT molecular complexity index is 1580. The predicted molar refractivity (Wildman–Crippen MR) is 243 cm³/mol. The average molecular weight is 852 g/mol. The number of carbonyl (C=O) groups excluding carboxylic acids is 5. The Morgan fingerprint density at radius 3 is 2.10 bits per heavy atom. The molecule has 0 aromatic heterocycles. The van der Waals surface area contributed by atoms with Crippen molar-refractivity contribution in [1.29, 1.82) is 0 Å². The van der Waals surface area contributed by atoms with Gasteiger partial charge in [-0.1, -0.05) is 103 Å². The van der Waals surface area contributed by atoms with Gasteiger partial charge >= 0.3 is 6.03 Å². The van der Waals surface area contributed by atoms with Crippen LogP contribution in [0.15, 0.2) is 54.6 Å². The van der Waals surface area contributed by atoms with Crippen molar-refractivity contribution in [3.05, 3.63) is 65.7 Å². The number of nitrogens with two attached hydrogens (primary N) is 1. The highest BCUT2D eigenvalue weighted by molar-refractivity contribution is 5.94. The molecule has 2 aromatic carbocycles. The summed E-state index contributed by atoms with van der Waals surface area (Å²) in [6.45, 7) is 13.5. The Hall–Kier alpha value is -4.53. The maximum absolute atomic E-state index is 14.3. The molecule has 0 aliphatic heterocycles. The van der Waals surface area contributed by atoms with E-state index in [-0.39, 0.29) is 59.8 Å². The summed E-state index contributed by atoms with van der Waals surface area (Å²) < 4.78 is 12.6. The van der Waals surface area contributed by atoms with Crippen LogP contribution in [0, 0.1) is 23.7 Å². The van der Waals surface area contributed by atoms with E-state index in [0.717, 1.165) is 50.5 Å². The van der Waals surface area contributed by atoms with Gasteiger partial charge in [0, 0.05) is 44.9 Å². The van der Waals surface area contributed by atoms with Gasteiger partial charge in [-0.25, -0.2) is 4.79 Å². The number of unbranched alkanes of at least 4 members (excludes halogenated alkanes) is 1.